The van der Waals surface area contributed by atoms with Crippen molar-refractivity contribution in [3.05, 3.63) is 186 Å². The van der Waals surface area contributed by atoms with Crippen molar-refractivity contribution >= 4 is 30.5 Å². The third-order valence-corrected chi connectivity index (χ3v) is 8.94. The maximum atomic E-state index is 13.4. The van der Waals surface area contributed by atoms with Gasteiger partial charge >= 0.3 is 11.9 Å². The SMILES string of the molecule is C=C(C)/C(=C/c1cc(OC(=O)c2ccc(-c3ccc(-c4ccccc4)[nH]3)cc2)ccc1OC(=O)c1ccc(-c2ccc(-c3ccccc3)[nH]2)cc1)C(C)=O.C=N.CC.CC.NN. The molecule has 62 heavy (non-hydrogen) atoms. The summed E-state index contributed by atoms with van der Waals surface area (Å²) in [6.45, 7) is 17.6. The lowest BCUT2D eigenvalue weighted by atomic mass is 10.0. The van der Waals surface area contributed by atoms with Gasteiger partial charge in [0, 0.05) is 33.9 Å². The number of hydrazine groups is 1. The van der Waals surface area contributed by atoms with Crippen molar-refractivity contribution in [2.24, 2.45) is 11.7 Å². The van der Waals surface area contributed by atoms with E-state index in [4.69, 9.17) is 14.9 Å². The standard InChI is InChI=1S/C47H36N2O5.2C2H6.CH3N.H4N2/c1-30(2)40(31(3)50)29-38-28-39(53-46(51)36-18-14-34(15-19-36)43-25-23-41(48-43)32-10-6-4-7-11-32)22-27-45(38)54-47(52)37-20-16-35(17-21-37)44-26-24-42(49-44)33-12-8-5-9-13-33;4*1-2/h4-29,48-49H,1H2,2-3H3;2*1-2H3;2H,1H2;1-2H2/b40-29-;;;;. The van der Waals surface area contributed by atoms with Gasteiger partial charge in [-0.1, -0.05) is 119 Å². The van der Waals surface area contributed by atoms with Gasteiger partial charge < -0.3 is 24.9 Å². The number of nitrogens with two attached hydrogens (primary N) is 2. The molecule has 7 rings (SSSR count). The average Bonchev–Trinajstić information content (AvgIpc) is 4.04. The summed E-state index contributed by atoms with van der Waals surface area (Å²) in [6, 6.07) is 47.0. The Hall–Kier alpha value is -7.66. The number of Topliss-reactive ketones (excluding diaryl/α,β-unsaturated/α-hetero) is 1. The topological polar surface area (TPSA) is 177 Å². The number of aromatic nitrogens is 2. The molecule has 0 amide bonds. The first-order valence-electron chi connectivity index (χ1n) is 20.1. The second-order valence-electron chi connectivity index (χ2n) is 12.8. The van der Waals surface area contributed by atoms with Crippen molar-refractivity contribution in [1.82, 2.24) is 9.97 Å². The molecule has 0 radical (unpaired) electrons. The number of aromatic amines is 2. The molecule has 10 heteroatoms. The maximum Gasteiger partial charge on any atom is 0.343 e. The van der Waals surface area contributed by atoms with Crippen LogP contribution in [0.15, 0.2) is 169 Å². The lowest BCUT2D eigenvalue weighted by Gasteiger charge is -2.12. The van der Waals surface area contributed by atoms with Crippen LogP contribution in [0.1, 0.15) is 67.8 Å². The van der Waals surface area contributed by atoms with Crippen LogP contribution in [0.25, 0.3) is 51.1 Å². The second kappa shape index (κ2) is 25.1. The largest absolute Gasteiger partial charge is 0.423 e. The minimum atomic E-state index is -0.588. The number of ketones is 1. The molecule has 0 atom stereocenters. The highest BCUT2D eigenvalue weighted by atomic mass is 16.5. The number of allylic oxidation sites excluding steroid dienone is 2. The van der Waals surface area contributed by atoms with E-state index in [0.29, 0.717) is 27.8 Å². The molecule has 7 aromatic rings. The van der Waals surface area contributed by atoms with Crippen molar-refractivity contribution in [1.29, 1.82) is 5.41 Å². The summed E-state index contributed by atoms with van der Waals surface area (Å²) in [5.74, 6) is 7.03. The zero-order valence-electron chi connectivity index (χ0n) is 36.1. The molecule has 0 aliphatic rings. The van der Waals surface area contributed by atoms with Gasteiger partial charge in [0.05, 0.1) is 11.1 Å². The Morgan fingerprint density at radius 2 is 0.903 bits per heavy atom. The lowest BCUT2D eigenvalue weighted by molar-refractivity contribution is -0.113. The number of benzene rings is 5. The molecular formula is C52H55N5O5. The van der Waals surface area contributed by atoms with E-state index in [0.717, 1.165) is 45.0 Å². The van der Waals surface area contributed by atoms with E-state index in [1.807, 2.05) is 137 Å². The summed E-state index contributed by atoms with van der Waals surface area (Å²) in [6.07, 6.45) is 1.58. The van der Waals surface area contributed by atoms with Crippen molar-refractivity contribution in [2.45, 2.75) is 41.5 Å². The van der Waals surface area contributed by atoms with Gasteiger partial charge in [-0.25, -0.2) is 9.59 Å². The molecular weight excluding hydrogens is 775 g/mol. The minimum absolute atomic E-state index is 0.186. The fourth-order valence-corrected chi connectivity index (χ4v) is 6.07. The van der Waals surface area contributed by atoms with E-state index in [1.165, 1.54) is 6.92 Å². The third-order valence-electron chi connectivity index (χ3n) is 8.94. The fourth-order valence-electron chi connectivity index (χ4n) is 6.07. The molecule has 2 aromatic heterocycles. The molecule has 0 aliphatic heterocycles. The molecule has 10 nitrogen and oxygen atoms in total. The van der Waals surface area contributed by atoms with Crippen molar-refractivity contribution in [2.75, 3.05) is 0 Å². The Morgan fingerprint density at radius 1 is 0.532 bits per heavy atom. The number of H-pyrrole nitrogens is 2. The number of nitrogens with one attached hydrogen (secondary N) is 3. The summed E-state index contributed by atoms with van der Waals surface area (Å²) in [7, 11) is 0. The quantitative estimate of drug-likeness (QED) is 0.0164. The predicted molar refractivity (Wildman–Crippen MR) is 254 cm³/mol. The molecule has 5 aromatic carbocycles. The van der Waals surface area contributed by atoms with Crippen molar-refractivity contribution < 1.29 is 23.9 Å². The van der Waals surface area contributed by atoms with E-state index in [2.05, 4.69) is 34.9 Å². The van der Waals surface area contributed by atoms with Crippen molar-refractivity contribution in [3.63, 3.8) is 0 Å². The van der Waals surface area contributed by atoms with Crippen LogP contribution in [0.2, 0.25) is 0 Å². The first kappa shape index (κ1) is 48.7. The molecule has 0 bridgehead atoms. The fraction of sp³-hybridized carbons (Fsp3) is 0.115. The molecule has 0 saturated heterocycles. The van der Waals surface area contributed by atoms with E-state index in [9.17, 15) is 14.4 Å². The Balaban J connectivity index is 0.00000121. The zero-order valence-corrected chi connectivity index (χ0v) is 36.1. The summed E-state index contributed by atoms with van der Waals surface area (Å²) >= 11 is 0. The number of hydrogen-bond acceptors (Lipinski definition) is 8. The average molecular weight is 830 g/mol. The van der Waals surface area contributed by atoms with Crippen LogP contribution in [0, 0.1) is 5.41 Å². The number of rotatable bonds is 11. The number of ether oxygens (including phenoxy) is 2. The van der Waals surface area contributed by atoms with Crippen LogP contribution in [0.4, 0.5) is 0 Å². The van der Waals surface area contributed by atoms with E-state index in [1.54, 1.807) is 55.5 Å². The summed E-state index contributed by atoms with van der Waals surface area (Å²) in [4.78, 5) is 46.0. The summed E-state index contributed by atoms with van der Waals surface area (Å²) in [5.41, 5.74) is 9.75. The minimum Gasteiger partial charge on any atom is -0.423 e. The highest BCUT2D eigenvalue weighted by Gasteiger charge is 2.17. The summed E-state index contributed by atoms with van der Waals surface area (Å²) < 4.78 is 11.6. The molecule has 2 heterocycles. The van der Waals surface area contributed by atoms with Gasteiger partial charge in [0.2, 0.25) is 0 Å². The molecule has 0 unspecified atom stereocenters. The van der Waals surface area contributed by atoms with Crippen LogP contribution >= 0.6 is 0 Å². The molecule has 0 fully saturated rings. The maximum absolute atomic E-state index is 13.4. The monoisotopic (exact) mass is 829 g/mol. The number of hydrogen-bond donors (Lipinski definition) is 5. The molecule has 0 spiro atoms. The van der Waals surface area contributed by atoms with Gasteiger partial charge in [0.15, 0.2) is 5.78 Å². The molecule has 7 N–H and O–H groups in total. The van der Waals surface area contributed by atoms with Crippen LogP contribution in [0.5, 0.6) is 11.5 Å². The van der Waals surface area contributed by atoms with Gasteiger partial charge in [0.25, 0.3) is 0 Å². The highest BCUT2D eigenvalue weighted by molar-refractivity contribution is 6.02. The molecule has 0 saturated carbocycles. The molecule has 0 aliphatic carbocycles. The Labute approximate surface area is 364 Å². The first-order chi connectivity index (χ1) is 30.2. The van der Waals surface area contributed by atoms with Gasteiger partial charge in [-0.15, -0.1) is 0 Å². The van der Waals surface area contributed by atoms with Crippen LogP contribution in [-0.4, -0.2) is 34.4 Å². The van der Waals surface area contributed by atoms with E-state index >= 15 is 0 Å². The van der Waals surface area contributed by atoms with E-state index < -0.39 is 11.9 Å². The van der Waals surface area contributed by atoms with Crippen LogP contribution in [0.3, 0.4) is 0 Å². The predicted octanol–water partition coefficient (Wildman–Crippen LogP) is 12.1. The van der Waals surface area contributed by atoms with Gasteiger partial charge in [-0.05, 0) is 121 Å². The zero-order chi connectivity index (χ0) is 45.6. The van der Waals surface area contributed by atoms with Gasteiger partial charge in [0.1, 0.15) is 11.5 Å². The number of carbonyl (C=O) groups excluding carboxylic acids is 3. The van der Waals surface area contributed by atoms with Crippen LogP contribution < -0.4 is 21.2 Å². The normalized spacial score (nSPS) is 10.1. The molecule has 318 valence electrons. The highest BCUT2D eigenvalue weighted by Crippen LogP contribution is 2.31. The lowest BCUT2D eigenvalue weighted by Crippen LogP contribution is -2.11. The Morgan fingerprint density at radius 3 is 1.27 bits per heavy atom. The Kier molecular flexibility index (Phi) is 19.7. The summed E-state index contributed by atoms with van der Waals surface area (Å²) in [5, 5.41) is 5.50. The third kappa shape index (κ3) is 12.9. The Bertz CT molecular complexity index is 2520. The van der Waals surface area contributed by atoms with Crippen LogP contribution in [-0.2, 0) is 4.79 Å². The number of carbonyl (C=O) groups is 3. The van der Waals surface area contributed by atoms with Crippen molar-refractivity contribution in [3.8, 4) is 56.5 Å². The first-order valence-corrected chi connectivity index (χ1v) is 20.1. The smallest absolute Gasteiger partial charge is 0.343 e. The van der Waals surface area contributed by atoms with Gasteiger partial charge in [-0.2, -0.15) is 0 Å². The second-order valence-corrected chi connectivity index (χ2v) is 12.8. The number of esters is 2. The van der Waals surface area contributed by atoms with Gasteiger partial charge in [-0.3, -0.25) is 16.5 Å². The van der Waals surface area contributed by atoms with E-state index in [-0.39, 0.29) is 17.3 Å².